The van der Waals surface area contributed by atoms with E-state index >= 15 is 0 Å². The summed E-state index contributed by atoms with van der Waals surface area (Å²) in [6.07, 6.45) is 0. The third-order valence-corrected chi connectivity index (χ3v) is 2.44. The molecule has 2 nitrogen and oxygen atoms in total. The maximum Gasteiger partial charge on any atom is 0.241 e. The molecule has 0 N–H and O–H groups in total. The van der Waals surface area contributed by atoms with E-state index in [0.29, 0.717) is 0 Å². The average molecular weight is 254 g/mol. The van der Waals surface area contributed by atoms with Crippen LogP contribution in [0.3, 0.4) is 0 Å². The molecule has 1 amide bonds. The van der Waals surface area contributed by atoms with Crippen LogP contribution in [0.25, 0.3) is 0 Å². The minimum Gasteiger partial charge on any atom is -0.312 e. The molecule has 0 aromatic heterocycles. The second-order valence-electron chi connectivity index (χ2n) is 2.78. The molecule has 1 rings (SSSR count). The van der Waals surface area contributed by atoms with Gasteiger partial charge in [0, 0.05) is 7.05 Å². The van der Waals surface area contributed by atoms with Crippen molar-refractivity contribution in [2.24, 2.45) is 0 Å². The summed E-state index contributed by atoms with van der Waals surface area (Å²) < 4.78 is 26.2. The maximum atomic E-state index is 13.4. The van der Waals surface area contributed by atoms with Gasteiger partial charge in [0.15, 0.2) is 5.82 Å². The third-order valence-electron chi connectivity index (χ3n) is 1.86. The normalized spacial score (nSPS) is 10.2. The molecule has 1 aromatic carbocycles. The summed E-state index contributed by atoms with van der Waals surface area (Å²) in [6, 6.07) is 2.11. The van der Waals surface area contributed by atoms with E-state index in [9.17, 15) is 13.6 Å². The number of alkyl halides is 1. The Bertz CT molecular complexity index is 398. The van der Waals surface area contributed by atoms with Crippen molar-refractivity contribution in [2.75, 3.05) is 17.8 Å². The first kappa shape index (κ1) is 12.2. The number of anilines is 1. The van der Waals surface area contributed by atoms with Crippen LogP contribution in [-0.2, 0) is 4.79 Å². The number of hydrogen-bond acceptors (Lipinski definition) is 1. The van der Waals surface area contributed by atoms with Crippen molar-refractivity contribution in [1.29, 1.82) is 0 Å². The van der Waals surface area contributed by atoms with Crippen LogP contribution in [-0.4, -0.2) is 18.8 Å². The number of halogens is 4. The van der Waals surface area contributed by atoms with Crippen molar-refractivity contribution in [3.05, 3.63) is 28.8 Å². The maximum absolute atomic E-state index is 13.4. The van der Waals surface area contributed by atoms with Crippen LogP contribution in [0.4, 0.5) is 14.5 Å². The highest BCUT2D eigenvalue weighted by Crippen LogP contribution is 2.27. The smallest absolute Gasteiger partial charge is 0.241 e. The second kappa shape index (κ2) is 4.77. The van der Waals surface area contributed by atoms with E-state index in [1.807, 2.05) is 0 Å². The van der Waals surface area contributed by atoms with Crippen molar-refractivity contribution in [1.82, 2.24) is 0 Å². The molecule has 0 aliphatic rings. The van der Waals surface area contributed by atoms with Gasteiger partial charge in [0.2, 0.25) is 5.91 Å². The number of nitrogens with zero attached hydrogens (tertiary/aromatic N) is 1. The summed E-state index contributed by atoms with van der Waals surface area (Å²) in [5.41, 5.74) is -0.105. The van der Waals surface area contributed by atoms with E-state index in [1.165, 1.54) is 7.05 Å². The summed E-state index contributed by atoms with van der Waals surface area (Å²) in [4.78, 5) is 12.1. The molecular weight excluding hydrogens is 247 g/mol. The fourth-order valence-corrected chi connectivity index (χ4v) is 1.34. The monoisotopic (exact) mass is 253 g/mol. The fraction of sp³-hybridized carbons (Fsp3) is 0.222. The molecule has 0 atom stereocenters. The Hall–Kier alpha value is -0.870. The highest BCUT2D eigenvalue weighted by atomic mass is 35.5. The molecule has 0 bridgehead atoms. The number of hydrogen-bond donors (Lipinski definition) is 0. The van der Waals surface area contributed by atoms with E-state index in [0.717, 1.165) is 17.0 Å². The van der Waals surface area contributed by atoms with Gasteiger partial charge in [-0.1, -0.05) is 11.6 Å². The minimum absolute atomic E-state index is 0.105. The van der Waals surface area contributed by atoms with Crippen molar-refractivity contribution in [3.8, 4) is 0 Å². The Morgan fingerprint density at radius 1 is 1.47 bits per heavy atom. The van der Waals surface area contributed by atoms with Gasteiger partial charge in [0.1, 0.15) is 16.7 Å². The molecule has 0 saturated heterocycles. The molecule has 0 fully saturated rings. The van der Waals surface area contributed by atoms with Crippen LogP contribution >= 0.6 is 23.2 Å². The van der Waals surface area contributed by atoms with Crippen LogP contribution < -0.4 is 4.90 Å². The molecule has 0 aliphatic heterocycles. The van der Waals surface area contributed by atoms with Crippen molar-refractivity contribution in [2.45, 2.75) is 0 Å². The third kappa shape index (κ3) is 2.38. The highest BCUT2D eigenvalue weighted by Gasteiger charge is 2.18. The zero-order chi connectivity index (χ0) is 11.6. The number of carbonyl (C=O) groups excluding carboxylic acids is 1. The average Bonchev–Trinajstić information content (AvgIpc) is 2.24. The molecule has 0 spiro atoms. The zero-order valence-corrected chi connectivity index (χ0v) is 9.24. The lowest BCUT2D eigenvalue weighted by Crippen LogP contribution is -2.28. The highest BCUT2D eigenvalue weighted by molar-refractivity contribution is 6.31. The molecule has 15 heavy (non-hydrogen) atoms. The number of amides is 1. The standard InChI is InChI=1S/C9H7Cl2F2NO/c1-14(7(15)4-10)6-3-2-5(12)8(11)9(6)13/h2-3H,4H2,1H3. The van der Waals surface area contributed by atoms with Crippen molar-refractivity contribution < 1.29 is 13.6 Å². The first-order valence-corrected chi connectivity index (χ1v) is 4.86. The summed E-state index contributed by atoms with van der Waals surface area (Å²) in [5, 5.41) is -0.637. The summed E-state index contributed by atoms with van der Waals surface area (Å²) in [6.45, 7) is 0. The molecule has 0 unspecified atom stereocenters. The van der Waals surface area contributed by atoms with Gasteiger partial charge in [-0.2, -0.15) is 0 Å². The van der Waals surface area contributed by atoms with Crippen LogP contribution in [0.15, 0.2) is 12.1 Å². The molecule has 0 saturated carbocycles. The number of rotatable bonds is 2. The first-order valence-electron chi connectivity index (χ1n) is 3.95. The fourth-order valence-electron chi connectivity index (χ4n) is 0.999. The minimum atomic E-state index is -0.974. The van der Waals surface area contributed by atoms with Crippen molar-refractivity contribution in [3.63, 3.8) is 0 Å². The zero-order valence-electron chi connectivity index (χ0n) is 7.73. The second-order valence-corrected chi connectivity index (χ2v) is 3.43. The van der Waals surface area contributed by atoms with Gasteiger partial charge in [0.25, 0.3) is 0 Å². The molecule has 6 heteroatoms. The Labute approximate surface area is 95.4 Å². The Morgan fingerprint density at radius 3 is 2.60 bits per heavy atom. The van der Waals surface area contributed by atoms with Gasteiger partial charge in [-0.05, 0) is 12.1 Å². The Kier molecular flexibility index (Phi) is 3.88. The molecule has 1 aromatic rings. The van der Waals surface area contributed by atoms with Crippen LogP contribution in [0.2, 0.25) is 5.02 Å². The predicted molar refractivity (Wildman–Crippen MR) is 55.5 cm³/mol. The first-order chi connectivity index (χ1) is 6.99. The van der Waals surface area contributed by atoms with E-state index in [1.54, 1.807) is 0 Å². The SMILES string of the molecule is CN(C(=O)CCl)c1ccc(F)c(Cl)c1F. The summed E-state index contributed by atoms with van der Waals surface area (Å²) in [7, 11) is 1.33. The quantitative estimate of drug-likeness (QED) is 0.587. The summed E-state index contributed by atoms with van der Waals surface area (Å²) in [5.74, 6) is -2.63. The van der Waals surface area contributed by atoms with E-state index in [2.05, 4.69) is 0 Å². The molecule has 0 aliphatic carbocycles. The number of carbonyl (C=O) groups is 1. The molecule has 0 heterocycles. The number of benzene rings is 1. The lowest BCUT2D eigenvalue weighted by atomic mass is 10.2. The van der Waals surface area contributed by atoms with Gasteiger partial charge < -0.3 is 4.90 Å². The Balaban J connectivity index is 3.16. The summed E-state index contributed by atoms with van der Waals surface area (Å²) >= 11 is 10.7. The molecule has 0 radical (unpaired) electrons. The Morgan fingerprint density at radius 2 is 2.07 bits per heavy atom. The molecular formula is C9H7Cl2F2NO. The van der Waals surface area contributed by atoms with Gasteiger partial charge in [-0.25, -0.2) is 8.78 Å². The largest absolute Gasteiger partial charge is 0.312 e. The topological polar surface area (TPSA) is 20.3 Å². The van der Waals surface area contributed by atoms with Crippen LogP contribution in [0.5, 0.6) is 0 Å². The lowest BCUT2D eigenvalue weighted by molar-refractivity contribution is -0.116. The van der Waals surface area contributed by atoms with E-state index in [4.69, 9.17) is 23.2 Å². The van der Waals surface area contributed by atoms with Gasteiger partial charge in [-0.15, -0.1) is 11.6 Å². The van der Waals surface area contributed by atoms with E-state index < -0.39 is 22.6 Å². The molecule has 82 valence electrons. The van der Waals surface area contributed by atoms with Crippen molar-refractivity contribution >= 4 is 34.8 Å². The van der Waals surface area contributed by atoms with Gasteiger partial charge in [0.05, 0.1) is 5.69 Å². The lowest BCUT2D eigenvalue weighted by Gasteiger charge is -2.17. The van der Waals surface area contributed by atoms with Crippen LogP contribution in [0.1, 0.15) is 0 Å². The van der Waals surface area contributed by atoms with Gasteiger partial charge >= 0.3 is 0 Å². The van der Waals surface area contributed by atoms with Crippen LogP contribution in [0, 0.1) is 11.6 Å². The van der Waals surface area contributed by atoms with Gasteiger partial charge in [-0.3, -0.25) is 4.79 Å². The van der Waals surface area contributed by atoms with E-state index in [-0.39, 0.29) is 11.6 Å². The predicted octanol–water partition coefficient (Wildman–Crippen LogP) is 2.82.